The van der Waals surface area contributed by atoms with Gasteiger partial charge in [-0.25, -0.2) is 4.98 Å². The average molecular weight is 364 g/mol. The summed E-state index contributed by atoms with van der Waals surface area (Å²) in [6.45, 7) is 11.3. The van der Waals surface area contributed by atoms with Crippen LogP contribution in [0, 0.1) is 0 Å². The Morgan fingerprint density at radius 1 is 1.00 bits per heavy atom. The van der Waals surface area contributed by atoms with Crippen molar-refractivity contribution in [2.45, 2.75) is 49.6 Å². The lowest BCUT2D eigenvalue weighted by atomic mass is 10.2. The summed E-state index contributed by atoms with van der Waals surface area (Å²) in [5.74, 6) is 1.10. The summed E-state index contributed by atoms with van der Waals surface area (Å²) in [4.78, 5) is 11.3. The molecule has 1 aliphatic rings. The molecule has 0 bridgehead atoms. The highest BCUT2D eigenvalue weighted by Crippen LogP contribution is 2.46. The van der Waals surface area contributed by atoms with E-state index < -0.39 is 0 Å². The predicted octanol–water partition coefficient (Wildman–Crippen LogP) is 0.390. The minimum Gasteiger partial charge on any atom is -1.00 e. The topological polar surface area (TPSA) is 20.6 Å². The molecular weight excluding hydrogens is 338 g/mol. The molecule has 2 heterocycles. The Hall–Kier alpha value is -1.23. The Bertz CT molecular complexity index is 622. The number of rotatable bonds is 5. The summed E-state index contributed by atoms with van der Waals surface area (Å²) >= 11 is 1.82. The van der Waals surface area contributed by atoms with E-state index in [1.54, 1.807) is 4.90 Å². The van der Waals surface area contributed by atoms with E-state index in [0.29, 0.717) is 12.1 Å². The lowest BCUT2D eigenvalue weighted by Gasteiger charge is -2.34. The van der Waals surface area contributed by atoms with Crippen LogP contribution in [-0.4, -0.2) is 30.2 Å². The molecule has 1 aliphatic heterocycles. The molecule has 0 saturated heterocycles. The van der Waals surface area contributed by atoms with Gasteiger partial charge in [-0.1, -0.05) is 23.9 Å². The van der Waals surface area contributed by atoms with Crippen molar-refractivity contribution in [1.29, 1.82) is 0 Å². The highest BCUT2D eigenvalue weighted by atomic mass is 35.5. The van der Waals surface area contributed by atoms with E-state index in [9.17, 15) is 0 Å². The Balaban J connectivity index is 0.00000208. The lowest BCUT2D eigenvalue weighted by Crippen LogP contribution is -3.18. The molecule has 0 unspecified atom stereocenters. The van der Waals surface area contributed by atoms with Crippen LogP contribution < -0.4 is 22.2 Å². The first-order chi connectivity index (χ1) is 11.1. The number of anilines is 2. The second-order valence-corrected chi connectivity index (χ2v) is 7.76. The zero-order valence-electron chi connectivity index (χ0n) is 14.8. The molecule has 1 N–H and O–H groups in total. The number of halogens is 1. The molecule has 24 heavy (non-hydrogen) atoms. The average Bonchev–Trinajstić information content (AvgIpc) is 2.53. The van der Waals surface area contributed by atoms with Gasteiger partial charge in [-0.3, -0.25) is 0 Å². The van der Waals surface area contributed by atoms with Crippen molar-refractivity contribution in [1.82, 2.24) is 4.98 Å². The van der Waals surface area contributed by atoms with Crippen LogP contribution in [0.1, 0.15) is 27.7 Å². The fourth-order valence-corrected chi connectivity index (χ4v) is 4.44. The standard InChI is InChI=1S/C19H25N3S.ClH/c1-14(2)21(15(3)4)12-13-22-16-8-5-6-9-17(16)23-18-10-7-11-20-19(18)22;/h5-11,14-15H,12-13H2,1-4H3;1H. The van der Waals surface area contributed by atoms with Gasteiger partial charge in [-0.15, -0.1) is 0 Å². The Morgan fingerprint density at radius 2 is 1.67 bits per heavy atom. The van der Waals surface area contributed by atoms with Crippen LogP contribution >= 0.6 is 11.8 Å². The summed E-state index contributed by atoms with van der Waals surface area (Å²) in [6, 6.07) is 14.1. The number of benzene rings is 1. The molecule has 0 atom stereocenters. The van der Waals surface area contributed by atoms with Crippen molar-refractivity contribution in [3.05, 3.63) is 42.6 Å². The number of quaternary nitrogens is 1. The number of para-hydroxylation sites is 1. The van der Waals surface area contributed by atoms with Gasteiger partial charge in [0.2, 0.25) is 0 Å². The minimum absolute atomic E-state index is 0. The molecule has 2 aromatic rings. The molecule has 0 aliphatic carbocycles. The Kier molecular flexibility index (Phi) is 6.55. The minimum atomic E-state index is 0. The molecule has 0 saturated carbocycles. The first kappa shape index (κ1) is 19.1. The third-order valence-corrected chi connectivity index (χ3v) is 5.59. The number of fused-ring (bicyclic) bond motifs is 2. The van der Waals surface area contributed by atoms with Crippen LogP contribution in [0.2, 0.25) is 0 Å². The first-order valence-electron chi connectivity index (χ1n) is 8.43. The van der Waals surface area contributed by atoms with Gasteiger partial charge < -0.3 is 22.2 Å². The van der Waals surface area contributed by atoms with Crippen LogP contribution in [0.15, 0.2) is 52.4 Å². The van der Waals surface area contributed by atoms with E-state index in [1.165, 1.54) is 15.5 Å². The van der Waals surface area contributed by atoms with E-state index in [-0.39, 0.29) is 12.4 Å². The molecule has 5 heteroatoms. The number of hydrogen-bond acceptors (Lipinski definition) is 3. The summed E-state index contributed by atoms with van der Waals surface area (Å²) in [5, 5.41) is 0. The molecule has 0 radical (unpaired) electrons. The van der Waals surface area contributed by atoms with Crippen LogP contribution in [0.5, 0.6) is 0 Å². The molecule has 1 aromatic heterocycles. The fraction of sp³-hybridized carbons (Fsp3) is 0.421. The molecule has 1 aromatic carbocycles. The third kappa shape index (κ3) is 3.88. The molecule has 3 nitrogen and oxygen atoms in total. The first-order valence-corrected chi connectivity index (χ1v) is 9.24. The Morgan fingerprint density at radius 3 is 2.38 bits per heavy atom. The normalized spacial score (nSPS) is 13.0. The zero-order valence-corrected chi connectivity index (χ0v) is 16.4. The summed E-state index contributed by atoms with van der Waals surface area (Å²) in [7, 11) is 0. The van der Waals surface area contributed by atoms with Crippen molar-refractivity contribution in [3.8, 4) is 0 Å². The van der Waals surface area contributed by atoms with Crippen molar-refractivity contribution in [3.63, 3.8) is 0 Å². The maximum atomic E-state index is 4.66. The van der Waals surface area contributed by atoms with Crippen molar-refractivity contribution in [2.75, 3.05) is 18.0 Å². The molecule has 130 valence electrons. The van der Waals surface area contributed by atoms with E-state index >= 15 is 0 Å². The highest BCUT2D eigenvalue weighted by Gasteiger charge is 2.26. The molecular formula is C19H26ClN3S. The van der Waals surface area contributed by atoms with Gasteiger partial charge in [-0.05, 0) is 52.0 Å². The molecule has 0 spiro atoms. The SMILES string of the molecule is CC(C)[NH+](CCN1c2ccccc2Sc2cccnc21)C(C)C.[Cl-]. The van der Waals surface area contributed by atoms with Crippen LogP contribution in [0.4, 0.5) is 11.5 Å². The second kappa shape index (κ2) is 8.24. The van der Waals surface area contributed by atoms with Gasteiger partial charge in [-0.2, -0.15) is 0 Å². The van der Waals surface area contributed by atoms with Gasteiger partial charge in [0, 0.05) is 11.1 Å². The van der Waals surface area contributed by atoms with Gasteiger partial charge in [0.1, 0.15) is 5.82 Å². The van der Waals surface area contributed by atoms with Crippen molar-refractivity contribution in [2.24, 2.45) is 0 Å². The number of nitrogens with zero attached hydrogens (tertiary/aromatic N) is 2. The second-order valence-electron chi connectivity index (χ2n) is 6.68. The quantitative estimate of drug-likeness (QED) is 0.830. The van der Waals surface area contributed by atoms with Crippen LogP contribution in [-0.2, 0) is 0 Å². The highest BCUT2D eigenvalue weighted by molar-refractivity contribution is 7.99. The summed E-state index contributed by atoms with van der Waals surface area (Å²) in [6.07, 6.45) is 1.90. The maximum absolute atomic E-state index is 4.66. The van der Waals surface area contributed by atoms with E-state index in [4.69, 9.17) is 0 Å². The summed E-state index contributed by atoms with van der Waals surface area (Å²) < 4.78 is 0. The summed E-state index contributed by atoms with van der Waals surface area (Å²) in [5.41, 5.74) is 1.29. The van der Waals surface area contributed by atoms with Gasteiger partial charge in [0.25, 0.3) is 0 Å². The third-order valence-electron chi connectivity index (χ3n) is 4.49. The van der Waals surface area contributed by atoms with Crippen molar-refractivity contribution >= 4 is 23.3 Å². The zero-order chi connectivity index (χ0) is 16.4. The lowest BCUT2D eigenvalue weighted by molar-refractivity contribution is -0.940. The van der Waals surface area contributed by atoms with E-state index in [0.717, 1.165) is 18.9 Å². The smallest absolute Gasteiger partial charge is 0.147 e. The monoisotopic (exact) mass is 363 g/mol. The number of hydrogen-bond donors (Lipinski definition) is 1. The predicted molar refractivity (Wildman–Crippen MR) is 97.9 cm³/mol. The molecule has 0 fully saturated rings. The van der Waals surface area contributed by atoms with Crippen molar-refractivity contribution < 1.29 is 17.3 Å². The molecule has 0 amide bonds. The number of pyridine rings is 1. The number of nitrogens with one attached hydrogen (secondary N) is 1. The van der Waals surface area contributed by atoms with Crippen LogP contribution in [0.3, 0.4) is 0 Å². The maximum Gasteiger partial charge on any atom is 0.147 e. The van der Waals surface area contributed by atoms with Gasteiger partial charge in [0.05, 0.1) is 35.8 Å². The van der Waals surface area contributed by atoms with Gasteiger partial charge >= 0.3 is 0 Å². The number of aromatic nitrogens is 1. The van der Waals surface area contributed by atoms with E-state index in [1.807, 2.05) is 24.0 Å². The molecule has 3 rings (SSSR count). The fourth-order valence-electron chi connectivity index (χ4n) is 3.37. The van der Waals surface area contributed by atoms with Crippen LogP contribution in [0.25, 0.3) is 0 Å². The largest absolute Gasteiger partial charge is 1.00 e. The Labute approximate surface area is 155 Å². The van der Waals surface area contributed by atoms with E-state index in [2.05, 4.69) is 67.9 Å². The van der Waals surface area contributed by atoms with Gasteiger partial charge in [0.15, 0.2) is 0 Å².